The van der Waals surface area contributed by atoms with Gasteiger partial charge in [0.05, 0.1) is 14.2 Å². The molecule has 3 aromatic rings. The highest BCUT2D eigenvalue weighted by Crippen LogP contribution is 2.39. The number of amides is 1. The molecule has 0 fully saturated rings. The number of benzene rings is 2. The standard InChI is InChI=1S/C24H24N4O7S2/c1-15-6-5-7-18(10-15)34-8-9-35-21-19(32-2)12-16(13-20(21)33-3)11-17(14-25)22(29)26-23-27-24(28-36-23)37(4,30)31/h5-7,10-13H,8-9H2,1-4H3,(H,26,27,28,29). The van der Waals surface area contributed by atoms with Crippen molar-refractivity contribution in [2.75, 3.05) is 39.0 Å². The van der Waals surface area contributed by atoms with Gasteiger partial charge in [0.1, 0.15) is 30.6 Å². The molecule has 1 N–H and O–H groups in total. The van der Waals surface area contributed by atoms with Crippen LogP contribution in [0.5, 0.6) is 23.0 Å². The van der Waals surface area contributed by atoms with Gasteiger partial charge in [-0.3, -0.25) is 10.1 Å². The molecule has 0 unspecified atom stereocenters. The van der Waals surface area contributed by atoms with Gasteiger partial charge in [0, 0.05) is 17.8 Å². The van der Waals surface area contributed by atoms with Crippen LogP contribution in [0.4, 0.5) is 5.13 Å². The number of hydrogen-bond donors (Lipinski definition) is 1. The van der Waals surface area contributed by atoms with Gasteiger partial charge in [0.25, 0.3) is 11.1 Å². The van der Waals surface area contributed by atoms with Crippen molar-refractivity contribution in [3.8, 4) is 29.1 Å². The summed E-state index contributed by atoms with van der Waals surface area (Å²) in [6, 6.07) is 12.6. The van der Waals surface area contributed by atoms with Crippen LogP contribution in [0.2, 0.25) is 0 Å². The highest BCUT2D eigenvalue weighted by molar-refractivity contribution is 7.90. The first-order valence-corrected chi connectivity index (χ1v) is 13.4. The summed E-state index contributed by atoms with van der Waals surface area (Å²) in [7, 11) is -0.727. The number of anilines is 1. The summed E-state index contributed by atoms with van der Waals surface area (Å²) in [5.41, 5.74) is 1.25. The lowest BCUT2D eigenvalue weighted by molar-refractivity contribution is -0.112. The molecular formula is C24H24N4O7S2. The molecule has 0 aliphatic carbocycles. The maximum Gasteiger partial charge on any atom is 0.268 e. The molecule has 37 heavy (non-hydrogen) atoms. The van der Waals surface area contributed by atoms with Gasteiger partial charge in [0.2, 0.25) is 20.7 Å². The number of methoxy groups -OCH3 is 2. The number of nitrogens with zero attached hydrogens (tertiary/aromatic N) is 3. The third-order valence-electron chi connectivity index (χ3n) is 4.71. The highest BCUT2D eigenvalue weighted by atomic mass is 32.2. The third kappa shape index (κ3) is 7.42. The van der Waals surface area contributed by atoms with Gasteiger partial charge in [-0.2, -0.15) is 14.6 Å². The Morgan fingerprint density at radius 2 is 1.81 bits per heavy atom. The molecule has 0 aliphatic heterocycles. The van der Waals surface area contributed by atoms with E-state index in [2.05, 4.69) is 14.7 Å². The number of nitrogens with one attached hydrogen (secondary N) is 1. The number of aryl methyl sites for hydroxylation is 1. The van der Waals surface area contributed by atoms with Crippen LogP contribution in [0.3, 0.4) is 0 Å². The predicted octanol–water partition coefficient (Wildman–Crippen LogP) is 3.27. The van der Waals surface area contributed by atoms with Gasteiger partial charge in [-0.25, -0.2) is 8.42 Å². The Hall–Kier alpha value is -4.15. The number of nitriles is 1. The van der Waals surface area contributed by atoms with Gasteiger partial charge < -0.3 is 18.9 Å². The number of carbonyl (C=O) groups is 1. The van der Waals surface area contributed by atoms with Crippen LogP contribution >= 0.6 is 11.5 Å². The Morgan fingerprint density at radius 3 is 2.38 bits per heavy atom. The van der Waals surface area contributed by atoms with Crippen LogP contribution in [0, 0.1) is 18.3 Å². The minimum absolute atomic E-state index is 0.0571. The summed E-state index contributed by atoms with van der Waals surface area (Å²) in [4.78, 5) is 16.3. The van der Waals surface area contributed by atoms with Crippen LogP contribution in [0.15, 0.2) is 47.1 Å². The molecule has 13 heteroatoms. The van der Waals surface area contributed by atoms with E-state index in [0.29, 0.717) is 34.3 Å². The Morgan fingerprint density at radius 1 is 1.14 bits per heavy atom. The van der Waals surface area contributed by atoms with Crippen molar-refractivity contribution in [1.29, 1.82) is 5.26 Å². The van der Waals surface area contributed by atoms with Gasteiger partial charge in [0.15, 0.2) is 11.5 Å². The molecule has 1 heterocycles. The minimum Gasteiger partial charge on any atom is -0.493 e. The topological polar surface area (TPSA) is 150 Å². The van der Waals surface area contributed by atoms with E-state index in [1.54, 1.807) is 12.1 Å². The zero-order valence-corrected chi connectivity index (χ0v) is 22.1. The number of ether oxygens (including phenoxy) is 4. The lowest BCUT2D eigenvalue weighted by Gasteiger charge is -2.16. The van der Waals surface area contributed by atoms with Gasteiger partial charge in [-0.15, -0.1) is 0 Å². The van der Waals surface area contributed by atoms with E-state index in [1.165, 1.54) is 20.3 Å². The summed E-state index contributed by atoms with van der Waals surface area (Å²) >= 11 is 0.686. The maximum atomic E-state index is 12.6. The van der Waals surface area contributed by atoms with Crippen LogP contribution < -0.4 is 24.3 Å². The Balaban J connectivity index is 1.75. The molecule has 3 rings (SSSR count). The number of rotatable bonds is 11. The molecule has 1 amide bonds. The number of hydrogen-bond acceptors (Lipinski definition) is 11. The molecule has 194 valence electrons. The smallest absolute Gasteiger partial charge is 0.268 e. The highest BCUT2D eigenvalue weighted by Gasteiger charge is 2.19. The van der Waals surface area contributed by atoms with E-state index in [-0.39, 0.29) is 23.9 Å². The van der Waals surface area contributed by atoms with Crippen molar-refractivity contribution in [2.45, 2.75) is 12.1 Å². The largest absolute Gasteiger partial charge is 0.493 e. The van der Waals surface area contributed by atoms with Crippen molar-refractivity contribution < 1.29 is 32.2 Å². The Bertz CT molecular complexity index is 1430. The van der Waals surface area contributed by atoms with Crippen molar-refractivity contribution in [1.82, 2.24) is 9.36 Å². The molecule has 0 saturated heterocycles. The fraction of sp³-hybridized carbons (Fsp3) is 0.250. The molecule has 1 aromatic heterocycles. The predicted molar refractivity (Wildman–Crippen MR) is 137 cm³/mol. The first kappa shape index (κ1) is 27.4. The lowest BCUT2D eigenvalue weighted by atomic mass is 10.1. The van der Waals surface area contributed by atoms with Crippen LogP contribution in [-0.4, -0.2) is 57.4 Å². The summed E-state index contributed by atoms with van der Waals surface area (Å²) in [5.74, 6) is 0.915. The fourth-order valence-corrected chi connectivity index (χ4v) is 4.46. The Kier molecular flexibility index (Phi) is 9.05. The van der Waals surface area contributed by atoms with Gasteiger partial charge in [-0.1, -0.05) is 12.1 Å². The van der Waals surface area contributed by atoms with E-state index >= 15 is 0 Å². The number of carbonyl (C=O) groups excluding carboxylic acids is 1. The molecule has 2 aromatic carbocycles. The summed E-state index contributed by atoms with van der Waals surface area (Å²) in [6.45, 7) is 2.46. The normalized spacial score (nSPS) is 11.4. The third-order valence-corrected chi connectivity index (χ3v) is 6.30. The second kappa shape index (κ2) is 12.2. The summed E-state index contributed by atoms with van der Waals surface area (Å²) < 4.78 is 49.2. The van der Waals surface area contributed by atoms with E-state index < -0.39 is 20.9 Å². The minimum atomic E-state index is -3.63. The SMILES string of the molecule is COc1cc(C=C(C#N)C(=O)Nc2nc(S(C)(=O)=O)ns2)cc(OC)c1OCCOc1cccc(C)c1. The Labute approximate surface area is 218 Å². The molecule has 0 atom stereocenters. The van der Waals surface area contributed by atoms with Crippen molar-refractivity contribution in [3.05, 3.63) is 53.1 Å². The van der Waals surface area contributed by atoms with Crippen LogP contribution in [0.25, 0.3) is 6.08 Å². The second-order valence-electron chi connectivity index (χ2n) is 7.55. The van der Waals surface area contributed by atoms with Crippen molar-refractivity contribution >= 4 is 38.5 Å². The molecular weight excluding hydrogens is 520 g/mol. The van der Waals surface area contributed by atoms with E-state index in [1.807, 2.05) is 37.3 Å². The maximum absolute atomic E-state index is 12.6. The monoisotopic (exact) mass is 544 g/mol. The quantitative estimate of drug-likeness (QED) is 0.216. The fourth-order valence-electron chi connectivity index (χ4n) is 3.03. The van der Waals surface area contributed by atoms with Crippen molar-refractivity contribution in [2.24, 2.45) is 0 Å². The lowest BCUT2D eigenvalue weighted by Crippen LogP contribution is -2.13. The van der Waals surface area contributed by atoms with Crippen LogP contribution in [0.1, 0.15) is 11.1 Å². The van der Waals surface area contributed by atoms with E-state index in [9.17, 15) is 18.5 Å². The number of sulfone groups is 1. The average molecular weight is 545 g/mol. The van der Waals surface area contributed by atoms with Crippen molar-refractivity contribution in [3.63, 3.8) is 0 Å². The summed E-state index contributed by atoms with van der Waals surface area (Å²) in [6.07, 6.45) is 2.27. The van der Waals surface area contributed by atoms with Crippen LogP contribution in [-0.2, 0) is 14.6 Å². The first-order valence-electron chi connectivity index (χ1n) is 10.7. The zero-order chi connectivity index (χ0) is 27.0. The molecule has 0 spiro atoms. The summed E-state index contributed by atoms with van der Waals surface area (Å²) in [5, 5.41) is 11.4. The zero-order valence-electron chi connectivity index (χ0n) is 20.5. The van der Waals surface area contributed by atoms with Gasteiger partial charge in [-0.05, 0) is 48.4 Å². The molecule has 11 nitrogen and oxygen atoms in total. The number of aromatic nitrogens is 2. The second-order valence-corrected chi connectivity index (χ2v) is 10.2. The molecule has 0 bridgehead atoms. The van der Waals surface area contributed by atoms with Gasteiger partial charge >= 0.3 is 0 Å². The first-order chi connectivity index (χ1) is 17.6. The molecule has 0 radical (unpaired) electrons. The van der Waals surface area contributed by atoms with E-state index in [0.717, 1.165) is 17.6 Å². The average Bonchev–Trinajstić information content (AvgIpc) is 3.34. The molecule has 0 aliphatic rings. The van der Waals surface area contributed by atoms with E-state index in [4.69, 9.17) is 18.9 Å². The molecule has 0 saturated carbocycles.